The fraction of sp³-hybridized carbons (Fsp3) is 0.846. The van der Waals surface area contributed by atoms with Crippen molar-refractivity contribution in [2.24, 2.45) is 5.41 Å². The van der Waals surface area contributed by atoms with Gasteiger partial charge in [-0.25, -0.2) is 0 Å². The highest BCUT2D eigenvalue weighted by atomic mass is 32.1. The molecule has 0 aromatic heterocycles. The summed E-state index contributed by atoms with van der Waals surface area (Å²) in [5.74, 6) is 0.772. The van der Waals surface area contributed by atoms with E-state index in [1.54, 1.807) is 0 Å². The summed E-state index contributed by atoms with van der Waals surface area (Å²) in [6.07, 6.45) is 3.05. The van der Waals surface area contributed by atoms with Crippen molar-refractivity contribution in [3.63, 3.8) is 0 Å². The van der Waals surface area contributed by atoms with E-state index in [-0.39, 0.29) is 22.8 Å². The van der Waals surface area contributed by atoms with Crippen molar-refractivity contribution in [3.05, 3.63) is 0 Å². The van der Waals surface area contributed by atoms with Gasteiger partial charge < -0.3 is 10.6 Å². The van der Waals surface area contributed by atoms with Crippen LogP contribution in [-0.2, 0) is 9.59 Å². The zero-order valence-electron chi connectivity index (χ0n) is 11.5. The Bertz CT molecular complexity index is 319. The first-order chi connectivity index (χ1) is 8.26. The monoisotopic (exact) mass is 272 g/mol. The molecule has 18 heavy (non-hydrogen) atoms. The van der Waals surface area contributed by atoms with Crippen molar-refractivity contribution >= 4 is 24.4 Å². The Morgan fingerprint density at radius 3 is 2.28 bits per heavy atom. The Hall–Kier alpha value is -0.710. The molecular formula is C13H24N2O2S. The SMILES string of the molecule is CC(C)(C)NC(=O)CCNC(=O)CC1(CS)CC1. The van der Waals surface area contributed by atoms with E-state index in [2.05, 4.69) is 23.3 Å². The Kier molecular flexibility index (Phi) is 5.08. The van der Waals surface area contributed by atoms with Crippen LogP contribution in [0.25, 0.3) is 0 Å². The zero-order valence-corrected chi connectivity index (χ0v) is 12.4. The molecule has 4 nitrogen and oxygen atoms in total. The average Bonchev–Trinajstić information content (AvgIpc) is 2.95. The maximum Gasteiger partial charge on any atom is 0.222 e. The van der Waals surface area contributed by atoms with Gasteiger partial charge in [0.1, 0.15) is 0 Å². The van der Waals surface area contributed by atoms with Gasteiger partial charge in [0, 0.05) is 24.9 Å². The molecule has 0 heterocycles. The third kappa shape index (κ3) is 5.76. The highest BCUT2D eigenvalue weighted by Gasteiger charge is 2.42. The first kappa shape index (κ1) is 15.3. The van der Waals surface area contributed by atoms with Crippen LogP contribution in [0.2, 0.25) is 0 Å². The summed E-state index contributed by atoms with van der Waals surface area (Å²) >= 11 is 4.26. The lowest BCUT2D eigenvalue weighted by molar-refractivity contribution is -0.123. The molecule has 1 fully saturated rings. The van der Waals surface area contributed by atoms with E-state index in [1.807, 2.05) is 20.8 Å². The summed E-state index contributed by atoms with van der Waals surface area (Å²) in [4.78, 5) is 23.2. The van der Waals surface area contributed by atoms with E-state index in [0.717, 1.165) is 18.6 Å². The highest BCUT2D eigenvalue weighted by molar-refractivity contribution is 7.80. The van der Waals surface area contributed by atoms with Crippen LogP contribution in [0.3, 0.4) is 0 Å². The number of hydrogen-bond acceptors (Lipinski definition) is 3. The summed E-state index contributed by atoms with van der Waals surface area (Å²) in [5.41, 5.74) is -0.0773. The van der Waals surface area contributed by atoms with Crippen molar-refractivity contribution in [1.82, 2.24) is 10.6 Å². The Balaban J connectivity index is 2.14. The van der Waals surface area contributed by atoms with Crippen molar-refractivity contribution in [2.75, 3.05) is 12.3 Å². The van der Waals surface area contributed by atoms with Gasteiger partial charge in [0.15, 0.2) is 0 Å². The van der Waals surface area contributed by atoms with Crippen molar-refractivity contribution in [1.29, 1.82) is 0 Å². The molecule has 1 aliphatic carbocycles. The lowest BCUT2D eigenvalue weighted by atomic mass is 10.1. The minimum absolute atomic E-state index is 0.0295. The van der Waals surface area contributed by atoms with E-state index in [4.69, 9.17) is 0 Å². The van der Waals surface area contributed by atoms with Gasteiger partial charge in [-0.1, -0.05) is 0 Å². The molecule has 0 saturated heterocycles. The molecule has 0 aromatic rings. The lowest BCUT2D eigenvalue weighted by Gasteiger charge is -2.20. The molecule has 0 atom stereocenters. The average molecular weight is 272 g/mol. The van der Waals surface area contributed by atoms with Crippen LogP contribution in [0, 0.1) is 5.41 Å². The minimum atomic E-state index is -0.217. The molecule has 0 bridgehead atoms. The van der Waals surface area contributed by atoms with Crippen LogP contribution in [0.1, 0.15) is 46.5 Å². The van der Waals surface area contributed by atoms with Gasteiger partial charge >= 0.3 is 0 Å². The van der Waals surface area contributed by atoms with Crippen LogP contribution in [0.5, 0.6) is 0 Å². The largest absolute Gasteiger partial charge is 0.356 e. The first-order valence-electron chi connectivity index (χ1n) is 6.45. The van der Waals surface area contributed by atoms with E-state index in [1.165, 1.54) is 0 Å². The summed E-state index contributed by atoms with van der Waals surface area (Å²) in [6, 6.07) is 0. The number of hydrogen-bond donors (Lipinski definition) is 3. The normalized spacial score (nSPS) is 17.1. The van der Waals surface area contributed by atoms with E-state index < -0.39 is 0 Å². The third-order valence-corrected chi connectivity index (χ3v) is 3.69. The fourth-order valence-electron chi connectivity index (χ4n) is 1.77. The smallest absolute Gasteiger partial charge is 0.222 e. The van der Waals surface area contributed by atoms with Crippen molar-refractivity contribution < 1.29 is 9.59 Å². The summed E-state index contributed by atoms with van der Waals surface area (Å²) in [6.45, 7) is 6.22. The number of amides is 2. The molecule has 5 heteroatoms. The van der Waals surface area contributed by atoms with Gasteiger partial charge in [-0.3, -0.25) is 9.59 Å². The summed E-state index contributed by atoms with van der Waals surface area (Å²) in [7, 11) is 0. The molecule has 0 aromatic carbocycles. The Morgan fingerprint density at radius 1 is 1.22 bits per heavy atom. The molecule has 1 rings (SSSR count). The van der Waals surface area contributed by atoms with Crippen LogP contribution in [-0.4, -0.2) is 29.7 Å². The van der Waals surface area contributed by atoms with Gasteiger partial charge in [-0.05, 0) is 44.8 Å². The molecular weight excluding hydrogens is 248 g/mol. The number of carbonyl (C=O) groups is 2. The van der Waals surface area contributed by atoms with Gasteiger partial charge in [-0.15, -0.1) is 0 Å². The molecule has 2 amide bonds. The quantitative estimate of drug-likeness (QED) is 0.642. The fourth-order valence-corrected chi connectivity index (χ4v) is 2.19. The zero-order chi connectivity index (χ0) is 13.8. The number of nitrogens with one attached hydrogen (secondary N) is 2. The van der Waals surface area contributed by atoms with Gasteiger partial charge in [-0.2, -0.15) is 12.6 Å². The Morgan fingerprint density at radius 2 is 1.83 bits per heavy atom. The van der Waals surface area contributed by atoms with Crippen LogP contribution in [0.4, 0.5) is 0 Å². The van der Waals surface area contributed by atoms with Crippen LogP contribution < -0.4 is 10.6 Å². The second-order valence-corrected chi connectivity index (χ2v) is 6.55. The number of carbonyl (C=O) groups excluding carboxylic acids is 2. The van der Waals surface area contributed by atoms with Gasteiger partial charge in [0.05, 0.1) is 0 Å². The number of thiol groups is 1. The van der Waals surface area contributed by atoms with Crippen LogP contribution in [0.15, 0.2) is 0 Å². The lowest BCUT2D eigenvalue weighted by Crippen LogP contribution is -2.42. The summed E-state index contributed by atoms with van der Waals surface area (Å²) in [5, 5.41) is 5.66. The van der Waals surface area contributed by atoms with Gasteiger partial charge in [0.25, 0.3) is 0 Å². The molecule has 1 saturated carbocycles. The molecule has 0 unspecified atom stereocenters. The first-order valence-corrected chi connectivity index (χ1v) is 7.08. The van der Waals surface area contributed by atoms with Crippen LogP contribution >= 0.6 is 12.6 Å². The Labute approximate surface area is 115 Å². The standard InChI is InChI=1S/C13H24N2O2S/c1-12(2,3)15-10(16)4-7-14-11(17)8-13(9-18)5-6-13/h18H,4-9H2,1-3H3,(H,14,17)(H,15,16). The predicted octanol–water partition coefficient (Wildman–Crippen LogP) is 1.51. The van der Waals surface area contributed by atoms with E-state index in [0.29, 0.717) is 19.4 Å². The topological polar surface area (TPSA) is 58.2 Å². The van der Waals surface area contributed by atoms with Crippen molar-refractivity contribution in [3.8, 4) is 0 Å². The number of rotatable bonds is 6. The summed E-state index contributed by atoms with van der Waals surface area (Å²) < 4.78 is 0. The highest BCUT2D eigenvalue weighted by Crippen LogP contribution is 2.49. The maximum absolute atomic E-state index is 11.6. The molecule has 104 valence electrons. The predicted molar refractivity (Wildman–Crippen MR) is 75.7 cm³/mol. The maximum atomic E-state index is 11.6. The molecule has 1 aliphatic rings. The second kappa shape index (κ2) is 5.95. The van der Waals surface area contributed by atoms with E-state index in [9.17, 15) is 9.59 Å². The van der Waals surface area contributed by atoms with Gasteiger partial charge in [0.2, 0.25) is 11.8 Å². The third-order valence-electron chi connectivity index (χ3n) is 3.02. The molecule has 0 spiro atoms. The van der Waals surface area contributed by atoms with Crippen molar-refractivity contribution in [2.45, 2.75) is 52.0 Å². The molecule has 0 aliphatic heterocycles. The molecule has 2 N–H and O–H groups in total. The minimum Gasteiger partial charge on any atom is -0.356 e. The second-order valence-electron chi connectivity index (χ2n) is 6.23. The molecule has 0 radical (unpaired) electrons. The van der Waals surface area contributed by atoms with E-state index >= 15 is 0 Å².